The third-order valence-corrected chi connectivity index (χ3v) is 2.55. The number of unbranched alkanes of at least 4 members (excludes halogenated alkanes) is 1. The predicted molar refractivity (Wildman–Crippen MR) is 72.5 cm³/mol. The van der Waals surface area contributed by atoms with E-state index in [1.165, 1.54) is 0 Å². The minimum absolute atomic E-state index is 0.0633. The smallest absolute Gasteiger partial charge is 0.220 e. The number of nitrogens with one attached hydrogen (secondary N) is 1. The molecule has 0 saturated carbocycles. The molecule has 1 aromatic heterocycles. The molecule has 1 N–H and O–H groups in total. The topological polar surface area (TPSA) is 58.1 Å². The van der Waals surface area contributed by atoms with E-state index in [1.54, 1.807) is 0 Å². The van der Waals surface area contributed by atoms with E-state index in [2.05, 4.69) is 22.2 Å². The summed E-state index contributed by atoms with van der Waals surface area (Å²) >= 11 is 0. The molecule has 0 aliphatic heterocycles. The van der Waals surface area contributed by atoms with Crippen molar-refractivity contribution in [2.75, 3.05) is 19.0 Å². The highest BCUT2D eigenvalue weighted by molar-refractivity contribution is 5.75. The lowest BCUT2D eigenvalue weighted by Crippen LogP contribution is -2.24. The zero-order valence-corrected chi connectivity index (χ0v) is 11.7. The van der Waals surface area contributed by atoms with Gasteiger partial charge in [-0.2, -0.15) is 0 Å². The van der Waals surface area contributed by atoms with Crippen molar-refractivity contribution in [2.45, 2.75) is 39.7 Å². The number of aryl methyl sites for hydroxylation is 1. The second-order valence-electron chi connectivity index (χ2n) is 4.56. The molecular formula is C13H22N4O. The molecule has 0 saturated heterocycles. The second kappa shape index (κ2) is 6.93. The van der Waals surface area contributed by atoms with Gasteiger partial charge < -0.3 is 10.2 Å². The van der Waals surface area contributed by atoms with Crippen LogP contribution in [0.5, 0.6) is 0 Å². The maximum absolute atomic E-state index is 11.5. The van der Waals surface area contributed by atoms with Gasteiger partial charge in [0.1, 0.15) is 11.6 Å². The van der Waals surface area contributed by atoms with Gasteiger partial charge in [0.25, 0.3) is 0 Å². The second-order valence-corrected chi connectivity index (χ2v) is 4.56. The normalized spacial score (nSPS) is 10.2. The first-order valence-electron chi connectivity index (χ1n) is 6.31. The van der Waals surface area contributed by atoms with Crippen molar-refractivity contribution < 1.29 is 4.79 Å². The Hall–Kier alpha value is -1.65. The monoisotopic (exact) mass is 250 g/mol. The summed E-state index contributed by atoms with van der Waals surface area (Å²) in [6, 6.07) is 1.92. The summed E-state index contributed by atoms with van der Waals surface area (Å²) in [4.78, 5) is 22.1. The van der Waals surface area contributed by atoms with E-state index >= 15 is 0 Å². The van der Waals surface area contributed by atoms with Crippen LogP contribution in [0.3, 0.4) is 0 Å². The lowest BCUT2D eigenvalue weighted by Gasteiger charge is -2.13. The zero-order valence-electron chi connectivity index (χ0n) is 11.7. The first-order chi connectivity index (χ1) is 8.52. The Morgan fingerprint density at radius 2 is 2.11 bits per heavy atom. The number of carbonyl (C=O) groups excluding carboxylic acids is 1. The van der Waals surface area contributed by atoms with Crippen LogP contribution in [-0.4, -0.2) is 30.0 Å². The number of rotatable bonds is 6. The third-order valence-electron chi connectivity index (χ3n) is 2.55. The molecule has 0 atom stereocenters. The van der Waals surface area contributed by atoms with Gasteiger partial charge in [0.15, 0.2) is 0 Å². The van der Waals surface area contributed by atoms with E-state index in [0.717, 1.165) is 24.4 Å². The van der Waals surface area contributed by atoms with Crippen molar-refractivity contribution in [1.29, 1.82) is 0 Å². The third kappa shape index (κ3) is 4.69. The maximum atomic E-state index is 11.5. The Morgan fingerprint density at radius 1 is 1.39 bits per heavy atom. The molecule has 0 aliphatic carbocycles. The van der Waals surface area contributed by atoms with Crippen molar-refractivity contribution in [3.63, 3.8) is 0 Å². The average Bonchev–Trinajstić information content (AvgIpc) is 2.33. The van der Waals surface area contributed by atoms with E-state index in [0.29, 0.717) is 18.8 Å². The average molecular weight is 250 g/mol. The van der Waals surface area contributed by atoms with Crippen molar-refractivity contribution >= 4 is 11.7 Å². The standard InChI is InChI=1S/C13H22N4O/c1-5-6-7-13(18)14-9-11-15-10(2)8-12(16-11)17(3)4/h8H,5-7,9H2,1-4H3,(H,14,18). The molecule has 0 bridgehead atoms. The van der Waals surface area contributed by atoms with E-state index in [1.807, 2.05) is 32.0 Å². The minimum Gasteiger partial charge on any atom is -0.363 e. The van der Waals surface area contributed by atoms with Gasteiger partial charge in [-0.05, 0) is 13.3 Å². The van der Waals surface area contributed by atoms with Crippen molar-refractivity contribution in [2.24, 2.45) is 0 Å². The highest BCUT2D eigenvalue weighted by atomic mass is 16.1. The molecule has 5 nitrogen and oxygen atoms in total. The summed E-state index contributed by atoms with van der Waals surface area (Å²) in [5, 5.41) is 2.84. The van der Waals surface area contributed by atoms with E-state index in [-0.39, 0.29) is 5.91 Å². The van der Waals surface area contributed by atoms with Gasteiger partial charge in [0, 0.05) is 32.3 Å². The van der Waals surface area contributed by atoms with Crippen LogP contribution in [0, 0.1) is 6.92 Å². The number of aromatic nitrogens is 2. The van der Waals surface area contributed by atoms with Gasteiger partial charge >= 0.3 is 0 Å². The predicted octanol–water partition coefficient (Wildman–Crippen LogP) is 1.66. The molecule has 100 valence electrons. The van der Waals surface area contributed by atoms with Crippen LogP contribution < -0.4 is 10.2 Å². The number of hydrogen-bond acceptors (Lipinski definition) is 4. The largest absolute Gasteiger partial charge is 0.363 e. The fraction of sp³-hybridized carbons (Fsp3) is 0.615. The lowest BCUT2D eigenvalue weighted by atomic mass is 10.2. The maximum Gasteiger partial charge on any atom is 0.220 e. The summed E-state index contributed by atoms with van der Waals surface area (Å²) in [6.07, 6.45) is 2.52. The van der Waals surface area contributed by atoms with Crippen LogP contribution in [0.2, 0.25) is 0 Å². The molecule has 18 heavy (non-hydrogen) atoms. The molecule has 1 aromatic rings. The Morgan fingerprint density at radius 3 is 2.72 bits per heavy atom. The van der Waals surface area contributed by atoms with Gasteiger partial charge in [0.05, 0.1) is 6.54 Å². The highest BCUT2D eigenvalue weighted by Gasteiger charge is 2.06. The Bertz CT molecular complexity index is 404. The highest BCUT2D eigenvalue weighted by Crippen LogP contribution is 2.09. The summed E-state index contributed by atoms with van der Waals surface area (Å²) in [7, 11) is 3.87. The molecule has 0 aromatic carbocycles. The molecule has 0 radical (unpaired) electrons. The molecule has 1 rings (SSSR count). The van der Waals surface area contributed by atoms with E-state index in [9.17, 15) is 4.79 Å². The van der Waals surface area contributed by atoms with Crippen LogP contribution in [-0.2, 0) is 11.3 Å². The minimum atomic E-state index is 0.0633. The number of anilines is 1. The molecule has 5 heteroatoms. The quantitative estimate of drug-likeness (QED) is 0.834. The molecule has 0 aliphatic rings. The van der Waals surface area contributed by atoms with E-state index in [4.69, 9.17) is 0 Å². The number of amides is 1. The molecular weight excluding hydrogens is 228 g/mol. The Kier molecular flexibility index (Phi) is 5.55. The molecule has 0 unspecified atom stereocenters. The van der Waals surface area contributed by atoms with Crippen LogP contribution in [0.25, 0.3) is 0 Å². The number of carbonyl (C=O) groups is 1. The Balaban J connectivity index is 2.59. The first-order valence-corrected chi connectivity index (χ1v) is 6.31. The summed E-state index contributed by atoms with van der Waals surface area (Å²) < 4.78 is 0. The first kappa shape index (κ1) is 14.4. The van der Waals surface area contributed by atoms with Gasteiger partial charge in [0.2, 0.25) is 5.91 Å². The number of nitrogens with zero attached hydrogens (tertiary/aromatic N) is 3. The van der Waals surface area contributed by atoms with Gasteiger partial charge in [-0.15, -0.1) is 0 Å². The summed E-state index contributed by atoms with van der Waals surface area (Å²) in [5.41, 5.74) is 0.909. The van der Waals surface area contributed by atoms with Crippen LogP contribution >= 0.6 is 0 Å². The molecule has 0 spiro atoms. The van der Waals surface area contributed by atoms with Crippen molar-refractivity contribution in [3.05, 3.63) is 17.6 Å². The molecule has 1 amide bonds. The van der Waals surface area contributed by atoms with Gasteiger partial charge in [-0.1, -0.05) is 13.3 Å². The fourth-order valence-electron chi connectivity index (χ4n) is 1.52. The zero-order chi connectivity index (χ0) is 13.5. The molecule has 0 fully saturated rings. The van der Waals surface area contributed by atoms with Gasteiger partial charge in [-0.3, -0.25) is 4.79 Å². The van der Waals surface area contributed by atoms with Crippen LogP contribution in [0.4, 0.5) is 5.82 Å². The van der Waals surface area contributed by atoms with Crippen LogP contribution in [0.15, 0.2) is 6.07 Å². The summed E-state index contributed by atoms with van der Waals surface area (Å²) in [6.45, 7) is 4.39. The molecule has 1 heterocycles. The Labute approximate surface area is 109 Å². The number of hydrogen-bond donors (Lipinski definition) is 1. The van der Waals surface area contributed by atoms with Crippen LogP contribution in [0.1, 0.15) is 37.7 Å². The van der Waals surface area contributed by atoms with Crippen molar-refractivity contribution in [1.82, 2.24) is 15.3 Å². The fourth-order valence-corrected chi connectivity index (χ4v) is 1.52. The van der Waals surface area contributed by atoms with Gasteiger partial charge in [-0.25, -0.2) is 9.97 Å². The lowest BCUT2D eigenvalue weighted by molar-refractivity contribution is -0.121. The van der Waals surface area contributed by atoms with E-state index < -0.39 is 0 Å². The van der Waals surface area contributed by atoms with Crippen molar-refractivity contribution in [3.8, 4) is 0 Å². The summed E-state index contributed by atoms with van der Waals surface area (Å²) in [5.74, 6) is 1.58. The SMILES string of the molecule is CCCCC(=O)NCc1nc(C)cc(N(C)C)n1.